The van der Waals surface area contributed by atoms with Crippen LogP contribution in [0.25, 0.3) is 0 Å². The van der Waals surface area contributed by atoms with Gasteiger partial charge < -0.3 is 26.2 Å². The number of carbonyl (C=O) groups excluding carboxylic acids is 1. The highest BCUT2D eigenvalue weighted by atomic mass is 127. The average molecular weight is 558 g/mol. The van der Waals surface area contributed by atoms with E-state index in [-0.39, 0.29) is 35.8 Å². The second-order valence-electron chi connectivity index (χ2n) is 8.74. The van der Waals surface area contributed by atoms with Gasteiger partial charge in [-0.3, -0.25) is 9.79 Å². The van der Waals surface area contributed by atoms with E-state index >= 15 is 0 Å². The summed E-state index contributed by atoms with van der Waals surface area (Å²) < 4.78 is 0. The second-order valence-corrected chi connectivity index (χ2v) is 8.74. The first-order valence-electron chi connectivity index (χ1n) is 11.7. The molecule has 2 saturated heterocycles. The van der Waals surface area contributed by atoms with Crippen molar-refractivity contribution >= 4 is 41.7 Å². The Kier molecular flexibility index (Phi) is 11.5. The van der Waals surface area contributed by atoms with E-state index in [9.17, 15) is 4.79 Å². The largest absolute Gasteiger partial charge is 0.369 e. The topological polar surface area (TPSA) is 98.9 Å². The van der Waals surface area contributed by atoms with Crippen molar-refractivity contribution in [1.82, 2.24) is 20.5 Å². The summed E-state index contributed by atoms with van der Waals surface area (Å²) in [5.74, 6) is 1.59. The van der Waals surface area contributed by atoms with Crippen molar-refractivity contribution in [3.05, 3.63) is 23.9 Å². The van der Waals surface area contributed by atoms with Crippen LogP contribution < -0.4 is 21.3 Å². The Hall–Kier alpha value is -1.62. The Morgan fingerprint density at radius 3 is 2.69 bits per heavy atom. The summed E-state index contributed by atoms with van der Waals surface area (Å²) in [6, 6.07) is 4.77. The molecule has 0 bridgehead atoms. The van der Waals surface area contributed by atoms with Crippen molar-refractivity contribution in [2.24, 2.45) is 16.6 Å². The highest BCUT2D eigenvalue weighted by Crippen LogP contribution is 2.24. The highest BCUT2D eigenvalue weighted by molar-refractivity contribution is 14.0. The maximum atomic E-state index is 11.4. The number of hydrogen-bond donors (Lipinski definition) is 3. The van der Waals surface area contributed by atoms with Gasteiger partial charge >= 0.3 is 0 Å². The quantitative estimate of drug-likeness (QED) is 0.197. The van der Waals surface area contributed by atoms with Crippen LogP contribution >= 0.6 is 24.0 Å². The second kappa shape index (κ2) is 13.8. The molecular formula is C23H40IN7O. The maximum absolute atomic E-state index is 11.4. The minimum absolute atomic E-state index is 0. The first kappa shape index (κ1) is 26.6. The molecule has 4 N–H and O–H groups in total. The number of aromatic nitrogens is 1. The SMILES string of the molecule is CN=C(NCCCN1CCCCC1C)NCc1cccnc1N1CCC(C(N)=O)CC1.I. The van der Waals surface area contributed by atoms with Gasteiger partial charge in [-0.2, -0.15) is 0 Å². The molecule has 2 aliphatic heterocycles. The molecule has 1 amide bonds. The molecule has 0 spiro atoms. The van der Waals surface area contributed by atoms with Crippen LogP contribution in [-0.2, 0) is 11.3 Å². The molecule has 1 atom stereocenters. The number of aliphatic imine (C=N–C) groups is 1. The van der Waals surface area contributed by atoms with Crippen LogP contribution in [-0.4, -0.2) is 67.6 Å². The number of amides is 1. The molecule has 0 saturated carbocycles. The number of nitrogens with two attached hydrogens (primary N) is 1. The lowest BCUT2D eigenvalue weighted by Crippen LogP contribution is -2.41. The number of hydrogen-bond acceptors (Lipinski definition) is 5. The van der Waals surface area contributed by atoms with Gasteiger partial charge in [0.2, 0.25) is 5.91 Å². The Balaban J connectivity index is 0.00000363. The minimum atomic E-state index is -0.188. The van der Waals surface area contributed by atoms with E-state index in [1.807, 2.05) is 12.3 Å². The van der Waals surface area contributed by atoms with Gasteiger partial charge in [-0.25, -0.2) is 4.98 Å². The zero-order chi connectivity index (χ0) is 22.1. The third-order valence-electron chi connectivity index (χ3n) is 6.59. The van der Waals surface area contributed by atoms with E-state index in [4.69, 9.17) is 5.73 Å². The van der Waals surface area contributed by atoms with Crippen LogP contribution in [0.15, 0.2) is 23.3 Å². The molecule has 3 heterocycles. The normalized spacial score (nSPS) is 20.5. The number of piperidine rings is 2. The number of guanidine groups is 1. The number of rotatable bonds is 8. The minimum Gasteiger partial charge on any atom is -0.369 e. The lowest BCUT2D eigenvalue weighted by Gasteiger charge is -2.33. The smallest absolute Gasteiger partial charge is 0.220 e. The van der Waals surface area contributed by atoms with Crippen molar-refractivity contribution in [1.29, 1.82) is 0 Å². The van der Waals surface area contributed by atoms with Gasteiger partial charge in [-0.15, -0.1) is 24.0 Å². The zero-order valence-electron chi connectivity index (χ0n) is 19.6. The van der Waals surface area contributed by atoms with Crippen LogP contribution in [0.4, 0.5) is 5.82 Å². The number of halogens is 1. The average Bonchev–Trinajstić information content (AvgIpc) is 2.80. The summed E-state index contributed by atoms with van der Waals surface area (Å²) in [6.07, 6.45) is 8.53. The maximum Gasteiger partial charge on any atom is 0.220 e. The number of primary amides is 1. The van der Waals surface area contributed by atoms with Crippen molar-refractivity contribution in [2.75, 3.05) is 44.7 Å². The summed E-state index contributed by atoms with van der Waals surface area (Å²) in [7, 11) is 1.81. The van der Waals surface area contributed by atoms with E-state index in [1.54, 1.807) is 7.05 Å². The lowest BCUT2D eigenvalue weighted by atomic mass is 9.96. The van der Waals surface area contributed by atoms with Crippen molar-refractivity contribution in [3.63, 3.8) is 0 Å². The molecule has 3 rings (SSSR count). The number of pyridine rings is 1. The molecule has 9 heteroatoms. The van der Waals surface area contributed by atoms with E-state index in [0.717, 1.165) is 62.8 Å². The Labute approximate surface area is 209 Å². The molecular weight excluding hydrogens is 517 g/mol. The van der Waals surface area contributed by atoms with Crippen LogP contribution in [0.1, 0.15) is 51.0 Å². The number of carbonyl (C=O) groups is 1. The molecule has 1 unspecified atom stereocenters. The number of nitrogens with zero attached hydrogens (tertiary/aromatic N) is 4. The van der Waals surface area contributed by atoms with Gasteiger partial charge in [-0.1, -0.05) is 12.5 Å². The molecule has 180 valence electrons. The van der Waals surface area contributed by atoms with E-state index in [0.29, 0.717) is 12.6 Å². The van der Waals surface area contributed by atoms with Crippen LogP contribution in [0.5, 0.6) is 0 Å². The molecule has 0 aliphatic carbocycles. The molecule has 1 aromatic rings. The fraction of sp³-hybridized carbons (Fsp3) is 0.696. The molecule has 32 heavy (non-hydrogen) atoms. The molecule has 8 nitrogen and oxygen atoms in total. The van der Waals surface area contributed by atoms with Crippen molar-refractivity contribution in [3.8, 4) is 0 Å². The first-order chi connectivity index (χ1) is 15.1. The van der Waals surface area contributed by atoms with Gasteiger partial charge in [0.1, 0.15) is 5.82 Å². The third-order valence-corrected chi connectivity index (χ3v) is 6.59. The summed E-state index contributed by atoms with van der Waals surface area (Å²) in [6.45, 7) is 7.88. The van der Waals surface area contributed by atoms with Gasteiger partial charge in [-0.05, 0) is 51.6 Å². The van der Waals surface area contributed by atoms with E-state index in [1.165, 1.54) is 25.8 Å². The third kappa shape index (κ3) is 7.75. The number of anilines is 1. The Morgan fingerprint density at radius 2 is 2.00 bits per heavy atom. The predicted octanol–water partition coefficient (Wildman–Crippen LogP) is 2.33. The summed E-state index contributed by atoms with van der Waals surface area (Å²) in [4.78, 5) is 25.3. The van der Waals surface area contributed by atoms with Crippen molar-refractivity contribution in [2.45, 2.75) is 58.0 Å². The van der Waals surface area contributed by atoms with E-state index < -0.39 is 0 Å². The fourth-order valence-corrected chi connectivity index (χ4v) is 4.61. The van der Waals surface area contributed by atoms with Gasteiger partial charge in [0.15, 0.2) is 5.96 Å². The van der Waals surface area contributed by atoms with Gasteiger partial charge in [0, 0.05) is 63.5 Å². The first-order valence-corrected chi connectivity index (χ1v) is 11.7. The molecule has 0 radical (unpaired) electrons. The monoisotopic (exact) mass is 557 g/mol. The molecule has 1 aromatic heterocycles. The van der Waals surface area contributed by atoms with Crippen LogP contribution in [0.3, 0.4) is 0 Å². The lowest BCUT2D eigenvalue weighted by molar-refractivity contribution is -0.122. The number of nitrogens with one attached hydrogen (secondary N) is 2. The Morgan fingerprint density at radius 1 is 1.22 bits per heavy atom. The standard InChI is InChI=1S/C23H39N7O.HI/c1-18-7-3-4-13-29(18)14-6-12-27-23(25-2)28-17-20-8-5-11-26-22(20)30-15-9-19(10-16-30)21(24)31;/h5,8,11,18-19H,3-4,6-7,9-10,12-17H2,1-2H3,(H2,24,31)(H2,25,27,28);1H. The molecule has 0 aromatic carbocycles. The van der Waals surface area contributed by atoms with Gasteiger partial charge in [0.25, 0.3) is 0 Å². The number of likely N-dealkylation sites (tertiary alicyclic amines) is 1. The summed E-state index contributed by atoms with van der Waals surface area (Å²) >= 11 is 0. The fourth-order valence-electron chi connectivity index (χ4n) is 4.61. The van der Waals surface area contributed by atoms with Crippen LogP contribution in [0.2, 0.25) is 0 Å². The molecule has 2 fully saturated rings. The predicted molar refractivity (Wildman–Crippen MR) is 141 cm³/mol. The summed E-state index contributed by atoms with van der Waals surface area (Å²) in [5.41, 5.74) is 6.60. The Bertz CT molecular complexity index is 737. The van der Waals surface area contributed by atoms with Gasteiger partial charge in [0.05, 0.1) is 0 Å². The van der Waals surface area contributed by atoms with E-state index in [2.05, 4.69) is 43.4 Å². The summed E-state index contributed by atoms with van der Waals surface area (Å²) in [5, 5.41) is 6.86. The highest BCUT2D eigenvalue weighted by Gasteiger charge is 2.25. The van der Waals surface area contributed by atoms with Crippen LogP contribution in [0, 0.1) is 5.92 Å². The van der Waals surface area contributed by atoms with Crippen molar-refractivity contribution < 1.29 is 4.79 Å². The zero-order valence-corrected chi connectivity index (χ0v) is 21.9. The molecule has 2 aliphatic rings.